The van der Waals surface area contributed by atoms with Gasteiger partial charge in [-0.25, -0.2) is 4.98 Å². The SMILES string of the molecule is O=C1CC(=O)N(c2ccc(-c3nccn3CC3=CC=CCN3)cc2)c2ccc3ccccc3c2N1. The molecule has 3 heterocycles. The number of hydrogen-bond acceptors (Lipinski definition) is 4. The topological polar surface area (TPSA) is 79.3 Å². The molecule has 0 atom stereocenters. The molecule has 0 fully saturated rings. The second-order valence-corrected chi connectivity index (χ2v) is 8.56. The molecule has 3 aromatic carbocycles. The molecule has 2 aliphatic rings. The fourth-order valence-electron chi connectivity index (χ4n) is 4.65. The van der Waals surface area contributed by atoms with Gasteiger partial charge in [0.25, 0.3) is 0 Å². The van der Waals surface area contributed by atoms with Gasteiger partial charge in [-0.3, -0.25) is 14.5 Å². The number of benzene rings is 3. The second kappa shape index (κ2) is 8.61. The van der Waals surface area contributed by atoms with Gasteiger partial charge in [-0.2, -0.15) is 0 Å². The number of dihydropyridines is 1. The van der Waals surface area contributed by atoms with E-state index in [0.29, 0.717) is 23.6 Å². The van der Waals surface area contributed by atoms with Crippen LogP contribution in [0.4, 0.5) is 17.1 Å². The number of amides is 2. The van der Waals surface area contributed by atoms with Gasteiger partial charge in [0.15, 0.2) is 0 Å². The van der Waals surface area contributed by atoms with E-state index in [0.717, 1.165) is 34.4 Å². The number of nitrogens with one attached hydrogen (secondary N) is 2. The Labute approximate surface area is 202 Å². The Hall–Kier alpha value is -4.65. The Morgan fingerprint density at radius 1 is 0.971 bits per heavy atom. The molecule has 1 aromatic heterocycles. The molecule has 172 valence electrons. The molecule has 2 aliphatic heterocycles. The Morgan fingerprint density at radius 2 is 1.83 bits per heavy atom. The average molecular weight is 462 g/mol. The van der Waals surface area contributed by atoms with Crippen molar-refractivity contribution < 1.29 is 9.59 Å². The largest absolute Gasteiger partial charge is 0.383 e. The highest BCUT2D eigenvalue weighted by Gasteiger charge is 2.28. The second-order valence-electron chi connectivity index (χ2n) is 8.56. The monoisotopic (exact) mass is 461 g/mol. The van der Waals surface area contributed by atoms with Gasteiger partial charge in [0, 0.05) is 41.3 Å². The van der Waals surface area contributed by atoms with E-state index in [4.69, 9.17) is 0 Å². The van der Waals surface area contributed by atoms with Crippen molar-refractivity contribution in [2.75, 3.05) is 16.8 Å². The van der Waals surface area contributed by atoms with Crippen molar-refractivity contribution in [2.45, 2.75) is 13.0 Å². The smallest absolute Gasteiger partial charge is 0.241 e. The number of imidazole rings is 1. The molecule has 35 heavy (non-hydrogen) atoms. The molecular weight excluding hydrogens is 438 g/mol. The van der Waals surface area contributed by atoms with E-state index in [1.54, 1.807) is 11.1 Å². The first kappa shape index (κ1) is 20.9. The summed E-state index contributed by atoms with van der Waals surface area (Å²) < 4.78 is 2.09. The van der Waals surface area contributed by atoms with Crippen molar-refractivity contribution in [3.8, 4) is 11.4 Å². The number of fused-ring (bicyclic) bond motifs is 3. The van der Waals surface area contributed by atoms with Crippen LogP contribution in [0.5, 0.6) is 0 Å². The zero-order valence-electron chi connectivity index (χ0n) is 18.9. The molecule has 7 nitrogen and oxygen atoms in total. The number of hydrogen-bond donors (Lipinski definition) is 2. The fraction of sp³-hybridized carbons (Fsp3) is 0.107. The zero-order valence-corrected chi connectivity index (χ0v) is 18.9. The summed E-state index contributed by atoms with van der Waals surface area (Å²) in [4.78, 5) is 31.8. The van der Waals surface area contributed by atoms with Gasteiger partial charge in [-0.05, 0) is 41.8 Å². The third kappa shape index (κ3) is 3.87. The molecule has 4 aromatic rings. The maximum absolute atomic E-state index is 13.1. The lowest BCUT2D eigenvalue weighted by Gasteiger charge is -2.23. The van der Waals surface area contributed by atoms with Gasteiger partial charge in [0.2, 0.25) is 11.8 Å². The number of nitrogens with zero attached hydrogens (tertiary/aromatic N) is 3. The van der Waals surface area contributed by atoms with Crippen LogP contribution >= 0.6 is 0 Å². The molecular formula is C28H23N5O2. The van der Waals surface area contributed by atoms with Crippen LogP contribution in [0.15, 0.2) is 97.0 Å². The minimum Gasteiger partial charge on any atom is -0.383 e. The highest BCUT2D eigenvalue weighted by Crippen LogP contribution is 2.40. The minimum atomic E-state index is -0.311. The molecule has 0 radical (unpaired) electrons. The summed E-state index contributed by atoms with van der Waals surface area (Å²) in [6, 6.07) is 19.4. The van der Waals surface area contributed by atoms with Gasteiger partial charge in [0.1, 0.15) is 12.2 Å². The van der Waals surface area contributed by atoms with E-state index in [1.165, 1.54) is 0 Å². The standard InChI is InChI=1S/C28H23N5O2/c34-25-17-26(35)33(24-13-10-19-5-1-2-7-23(19)27(24)31-25)22-11-8-20(9-12-22)28-30-15-16-32(28)18-21-6-3-4-14-29-21/h1-13,15-16,29H,14,17-18H2,(H,31,34). The van der Waals surface area contributed by atoms with Crippen LogP contribution in [0.25, 0.3) is 22.2 Å². The van der Waals surface area contributed by atoms with Crippen LogP contribution in [0, 0.1) is 0 Å². The summed E-state index contributed by atoms with van der Waals surface area (Å²) in [5.74, 6) is 0.266. The molecule has 6 rings (SSSR count). The lowest BCUT2D eigenvalue weighted by molar-refractivity contribution is -0.124. The van der Waals surface area contributed by atoms with Gasteiger partial charge >= 0.3 is 0 Å². The van der Waals surface area contributed by atoms with Crippen molar-refractivity contribution in [2.24, 2.45) is 0 Å². The predicted molar refractivity (Wildman–Crippen MR) is 137 cm³/mol. The molecule has 2 N–H and O–H groups in total. The third-order valence-electron chi connectivity index (χ3n) is 6.29. The van der Waals surface area contributed by atoms with Crippen molar-refractivity contribution in [1.29, 1.82) is 0 Å². The van der Waals surface area contributed by atoms with Gasteiger partial charge < -0.3 is 15.2 Å². The molecule has 0 unspecified atom stereocenters. The third-order valence-corrected chi connectivity index (χ3v) is 6.29. The molecule has 0 spiro atoms. The Morgan fingerprint density at radius 3 is 2.66 bits per heavy atom. The first-order chi connectivity index (χ1) is 17.2. The van der Waals surface area contributed by atoms with E-state index < -0.39 is 0 Å². The molecule has 0 saturated heterocycles. The van der Waals surface area contributed by atoms with E-state index in [9.17, 15) is 9.59 Å². The van der Waals surface area contributed by atoms with E-state index in [1.807, 2.05) is 66.9 Å². The van der Waals surface area contributed by atoms with E-state index in [2.05, 4.69) is 38.4 Å². The number of aromatic nitrogens is 2. The highest BCUT2D eigenvalue weighted by atomic mass is 16.2. The summed E-state index contributed by atoms with van der Waals surface area (Å²) in [7, 11) is 0. The van der Waals surface area contributed by atoms with Crippen LogP contribution in [-0.4, -0.2) is 27.9 Å². The number of anilines is 3. The fourth-order valence-corrected chi connectivity index (χ4v) is 4.65. The van der Waals surface area contributed by atoms with Crippen LogP contribution in [0.2, 0.25) is 0 Å². The van der Waals surface area contributed by atoms with Crippen molar-refractivity contribution >= 4 is 39.6 Å². The Kier molecular flexibility index (Phi) is 5.15. The zero-order chi connectivity index (χ0) is 23.8. The average Bonchev–Trinajstić information content (AvgIpc) is 3.29. The lowest BCUT2D eigenvalue weighted by atomic mass is 10.1. The number of allylic oxidation sites excluding steroid dienone is 3. The summed E-state index contributed by atoms with van der Waals surface area (Å²) in [5, 5.41) is 8.22. The number of rotatable bonds is 4. The molecule has 2 amide bonds. The molecule has 0 aliphatic carbocycles. The van der Waals surface area contributed by atoms with Gasteiger partial charge in [-0.1, -0.05) is 42.5 Å². The van der Waals surface area contributed by atoms with Crippen LogP contribution in [0.1, 0.15) is 6.42 Å². The van der Waals surface area contributed by atoms with Gasteiger partial charge in [0.05, 0.1) is 17.9 Å². The maximum Gasteiger partial charge on any atom is 0.241 e. The maximum atomic E-state index is 13.1. The van der Waals surface area contributed by atoms with Crippen molar-refractivity contribution in [3.63, 3.8) is 0 Å². The quantitative estimate of drug-likeness (QED) is 0.430. The number of carbonyl (C=O) groups is 2. The van der Waals surface area contributed by atoms with Crippen LogP contribution < -0.4 is 15.5 Å². The summed E-state index contributed by atoms with van der Waals surface area (Å²) in [5.41, 5.74) is 4.09. The van der Waals surface area contributed by atoms with Crippen molar-refractivity contribution in [3.05, 3.63) is 97.0 Å². The number of carbonyl (C=O) groups excluding carboxylic acids is 2. The molecule has 7 heteroatoms. The summed E-state index contributed by atoms with van der Waals surface area (Å²) in [6.45, 7) is 1.52. The van der Waals surface area contributed by atoms with Crippen LogP contribution in [-0.2, 0) is 16.1 Å². The Bertz CT molecular complexity index is 1510. The van der Waals surface area contributed by atoms with Gasteiger partial charge in [-0.15, -0.1) is 0 Å². The normalized spacial score (nSPS) is 15.3. The summed E-state index contributed by atoms with van der Waals surface area (Å²) in [6.07, 6.45) is 9.73. The first-order valence-corrected chi connectivity index (χ1v) is 11.5. The highest BCUT2D eigenvalue weighted by molar-refractivity contribution is 6.21. The molecule has 0 bridgehead atoms. The van der Waals surface area contributed by atoms with E-state index in [-0.39, 0.29) is 18.2 Å². The summed E-state index contributed by atoms with van der Waals surface area (Å²) >= 11 is 0. The van der Waals surface area contributed by atoms with E-state index >= 15 is 0 Å². The predicted octanol–water partition coefficient (Wildman–Crippen LogP) is 4.75. The van der Waals surface area contributed by atoms with Crippen LogP contribution in [0.3, 0.4) is 0 Å². The molecule has 0 saturated carbocycles. The first-order valence-electron chi connectivity index (χ1n) is 11.5. The Balaban J connectivity index is 1.37. The lowest BCUT2D eigenvalue weighted by Crippen LogP contribution is -2.26. The minimum absolute atomic E-state index is 0.217. The van der Waals surface area contributed by atoms with Crippen molar-refractivity contribution in [1.82, 2.24) is 14.9 Å².